The maximum Gasteiger partial charge on any atom is 0.261 e. The van der Waals surface area contributed by atoms with Crippen LogP contribution in [0.3, 0.4) is 0 Å². The van der Waals surface area contributed by atoms with Crippen LogP contribution in [0.4, 0.5) is 0 Å². The second-order valence-electron chi connectivity index (χ2n) is 5.75. The van der Waals surface area contributed by atoms with Gasteiger partial charge in [-0.2, -0.15) is 5.10 Å². The Hall–Kier alpha value is -3.15. The summed E-state index contributed by atoms with van der Waals surface area (Å²) in [4.78, 5) is 16.6. The minimum atomic E-state index is -0.565. The summed E-state index contributed by atoms with van der Waals surface area (Å²) in [5.41, 5.74) is 2.74. The fraction of sp³-hybridized carbons (Fsp3) is 0.211. The zero-order valence-corrected chi connectivity index (χ0v) is 14.2. The van der Waals surface area contributed by atoms with Crippen LogP contribution in [0, 0.1) is 0 Å². The molecule has 3 rings (SSSR count). The van der Waals surface area contributed by atoms with E-state index in [9.17, 15) is 4.79 Å². The van der Waals surface area contributed by atoms with E-state index in [-0.39, 0.29) is 5.91 Å². The molecule has 0 fully saturated rings. The summed E-state index contributed by atoms with van der Waals surface area (Å²) in [6.07, 6.45) is 4.87. The Morgan fingerprint density at radius 1 is 1.20 bits per heavy atom. The van der Waals surface area contributed by atoms with Gasteiger partial charge in [-0.25, -0.2) is 0 Å². The average Bonchev–Trinajstić information content (AvgIpc) is 3.07. The number of hydrogen-bond donors (Lipinski definition) is 1. The fourth-order valence-corrected chi connectivity index (χ4v) is 2.34. The zero-order chi connectivity index (χ0) is 17.6. The van der Waals surface area contributed by atoms with Crippen molar-refractivity contribution in [1.82, 2.24) is 20.1 Å². The number of amides is 1. The van der Waals surface area contributed by atoms with E-state index in [4.69, 9.17) is 4.74 Å². The van der Waals surface area contributed by atoms with Crippen LogP contribution in [0.1, 0.15) is 12.5 Å². The molecule has 6 heteroatoms. The molecule has 128 valence electrons. The lowest BCUT2D eigenvalue weighted by Crippen LogP contribution is -2.35. The molecule has 6 nitrogen and oxygen atoms in total. The first-order valence-corrected chi connectivity index (χ1v) is 8.05. The molecule has 0 aliphatic carbocycles. The van der Waals surface area contributed by atoms with Crippen LogP contribution in [0.15, 0.2) is 61.1 Å². The van der Waals surface area contributed by atoms with Gasteiger partial charge in [0.25, 0.3) is 5.91 Å². The first-order chi connectivity index (χ1) is 12.1. The molecule has 3 aromatic rings. The topological polar surface area (TPSA) is 69.0 Å². The Morgan fingerprint density at radius 2 is 2.00 bits per heavy atom. The van der Waals surface area contributed by atoms with Gasteiger partial charge in [-0.1, -0.05) is 24.3 Å². The number of rotatable bonds is 6. The van der Waals surface area contributed by atoms with Gasteiger partial charge in [0.05, 0.1) is 11.9 Å². The molecule has 25 heavy (non-hydrogen) atoms. The summed E-state index contributed by atoms with van der Waals surface area (Å²) < 4.78 is 7.34. The Morgan fingerprint density at radius 3 is 2.64 bits per heavy atom. The van der Waals surface area contributed by atoms with E-state index in [1.807, 2.05) is 55.7 Å². The van der Waals surface area contributed by atoms with Gasteiger partial charge in [0.15, 0.2) is 6.10 Å². The van der Waals surface area contributed by atoms with Gasteiger partial charge in [0.2, 0.25) is 0 Å². The Labute approximate surface area is 146 Å². The van der Waals surface area contributed by atoms with Crippen molar-refractivity contribution >= 4 is 5.91 Å². The van der Waals surface area contributed by atoms with Crippen LogP contribution in [0.2, 0.25) is 0 Å². The van der Waals surface area contributed by atoms with Crippen molar-refractivity contribution in [2.75, 3.05) is 0 Å². The van der Waals surface area contributed by atoms with Crippen LogP contribution in [0.25, 0.3) is 11.3 Å². The molecule has 1 unspecified atom stereocenters. The third-order valence-corrected chi connectivity index (χ3v) is 3.72. The molecule has 0 spiro atoms. The van der Waals surface area contributed by atoms with Crippen molar-refractivity contribution in [2.45, 2.75) is 19.6 Å². The summed E-state index contributed by atoms with van der Waals surface area (Å²) in [6, 6.07) is 13.2. The number of benzene rings is 1. The number of para-hydroxylation sites is 1. The van der Waals surface area contributed by atoms with Crippen LogP contribution < -0.4 is 10.1 Å². The van der Waals surface area contributed by atoms with Crippen molar-refractivity contribution < 1.29 is 9.53 Å². The number of hydrogen-bond acceptors (Lipinski definition) is 4. The highest BCUT2D eigenvalue weighted by atomic mass is 16.5. The number of carbonyl (C=O) groups excluding carboxylic acids is 1. The first-order valence-electron chi connectivity index (χ1n) is 8.05. The Kier molecular flexibility index (Phi) is 5.09. The third-order valence-electron chi connectivity index (χ3n) is 3.72. The summed E-state index contributed by atoms with van der Waals surface area (Å²) in [5.74, 6) is 0.507. The van der Waals surface area contributed by atoms with Gasteiger partial charge in [-0.3, -0.25) is 14.5 Å². The summed E-state index contributed by atoms with van der Waals surface area (Å²) in [6.45, 7) is 2.13. The largest absolute Gasteiger partial charge is 0.481 e. The van der Waals surface area contributed by atoms with Crippen molar-refractivity contribution in [2.24, 2.45) is 7.05 Å². The van der Waals surface area contributed by atoms with Gasteiger partial charge < -0.3 is 10.1 Å². The van der Waals surface area contributed by atoms with E-state index in [0.717, 1.165) is 16.8 Å². The van der Waals surface area contributed by atoms with Gasteiger partial charge >= 0.3 is 0 Å². The average molecular weight is 336 g/mol. The number of pyridine rings is 1. The number of aryl methyl sites for hydroxylation is 1. The van der Waals surface area contributed by atoms with E-state index in [1.54, 1.807) is 24.0 Å². The number of ether oxygens (including phenoxy) is 1. The lowest BCUT2D eigenvalue weighted by molar-refractivity contribution is -0.127. The van der Waals surface area contributed by atoms with Crippen molar-refractivity contribution in [1.29, 1.82) is 0 Å². The maximum absolute atomic E-state index is 12.1. The molecule has 1 N–H and O–H groups in total. The monoisotopic (exact) mass is 336 g/mol. The normalized spacial score (nSPS) is 11.8. The lowest BCUT2D eigenvalue weighted by Gasteiger charge is -2.14. The summed E-state index contributed by atoms with van der Waals surface area (Å²) in [5, 5.41) is 7.00. The summed E-state index contributed by atoms with van der Waals surface area (Å²) >= 11 is 0. The van der Waals surface area contributed by atoms with Gasteiger partial charge in [-0.15, -0.1) is 0 Å². The molecule has 0 aliphatic rings. The quantitative estimate of drug-likeness (QED) is 0.751. The van der Waals surface area contributed by atoms with Crippen LogP contribution >= 0.6 is 0 Å². The predicted molar refractivity (Wildman–Crippen MR) is 94.8 cm³/mol. The van der Waals surface area contributed by atoms with Crippen LogP contribution in [-0.2, 0) is 18.4 Å². The molecule has 0 saturated heterocycles. The number of carbonyl (C=O) groups is 1. The first kappa shape index (κ1) is 16.7. The van der Waals surface area contributed by atoms with E-state index in [1.165, 1.54) is 0 Å². The standard InChI is InChI=1S/C19H20N4O2/c1-14(25-17-6-4-3-5-7-17)19(24)21-11-15-8-9-18(20-10-15)16-12-22-23(2)13-16/h3-10,12-14H,11H2,1-2H3,(H,21,24). The highest BCUT2D eigenvalue weighted by Gasteiger charge is 2.14. The Balaban J connectivity index is 1.53. The highest BCUT2D eigenvalue weighted by Crippen LogP contribution is 2.15. The molecule has 1 amide bonds. The molecule has 0 radical (unpaired) electrons. The lowest BCUT2D eigenvalue weighted by atomic mass is 10.2. The van der Waals surface area contributed by atoms with E-state index >= 15 is 0 Å². The van der Waals surface area contributed by atoms with E-state index < -0.39 is 6.10 Å². The number of nitrogens with zero attached hydrogens (tertiary/aromatic N) is 3. The van der Waals surface area contributed by atoms with Gasteiger partial charge in [-0.05, 0) is 30.7 Å². The van der Waals surface area contributed by atoms with Crippen molar-refractivity contribution in [3.8, 4) is 17.0 Å². The third kappa shape index (κ3) is 4.44. The summed E-state index contributed by atoms with van der Waals surface area (Å²) in [7, 11) is 1.87. The van der Waals surface area contributed by atoms with Crippen LogP contribution in [-0.4, -0.2) is 26.8 Å². The van der Waals surface area contributed by atoms with Crippen LogP contribution in [0.5, 0.6) is 5.75 Å². The van der Waals surface area contributed by atoms with Gasteiger partial charge in [0, 0.05) is 31.5 Å². The highest BCUT2D eigenvalue weighted by molar-refractivity contribution is 5.80. The van der Waals surface area contributed by atoms with E-state index in [0.29, 0.717) is 12.3 Å². The Bertz CT molecular complexity index is 828. The smallest absolute Gasteiger partial charge is 0.261 e. The zero-order valence-electron chi connectivity index (χ0n) is 14.2. The SMILES string of the molecule is CC(Oc1ccccc1)C(=O)NCc1ccc(-c2cnn(C)c2)nc1. The molecule has 0 saturated carbocycles. The second-order valence-corrected chi connectivity index (χ2v) is 5.75. The molecule has 1 atom stereocenters. The molecular weight excluding hydrogens is 316 g/mol. The fourth-order valence-electron chi connectivity index (χ4n) is 2.34. The minimum absolute atomic E-state index is 0.166. The number of aromatic nitrogens is 3. The molecular formula is C19H20N4O2. The maximum atomic E-state index is 12.1. The molecule has 2 heterocycles. The van der Waals surface area contributed by atoms with E-state index in [2.05, 4.69) is 15.4 Å². The molecule has 2 aromatic heterocycles. The van der Waals surface area contributed by atoms with Crippen molar-refractivity contribution in [3.63, 3.8) is 0 Å². The molecule has 0 aliphatic heterocycles. The van der Waals surface area contributed by atoms with Gasteiger partial charge in [0.1, 0.15) is 5.75 Å². The predicted octanol–water partition coefficient (Wildman–Crippen LogP) is 2.57. The second kappa shape index (κ2) is 7.61. The molecule has 0 bridgehead atoms. The van der Waals surface area contributed by atoms with Crippen molar-refractivity contribution in [3.05, 3.63) is 66.6 Å². The minimum Gasteiger partial charge on any atom is -0.481 e. The number of nitrogens with one attached hydrogen (secondary N) is 1. The molecule has 1 aromatic carbocycles.